The van der Waals surface area contributed by atoms with E-state index in [0.717, 1.165) is 5.56 Å². The van der Waals surface area contributed by atoms with Crippen LogP contribution < -0.4 is 11.3 Å². The Morgan fingerprint density at radius 1 is 1.47 bits per heavy atom. The zero-order chi connectivity index (χ0) is 12.6. The molecule has 17 heavy (non-hydrogen) atoms. The molecule has 1 amide bonds. The summed E-state index contributed by atoms with van der Waals surface area (Å²) in [6.07, 6.45) is 0. The summed E-state index contributed by atoms with van der Waals surface area (Å²) in [6, 6.07) is 4.73. The Bertz CT molecular complexity index is 617. The molecule has 1 aromatic heterocycles. The van der Waals surface area contributed by atoms with Crippen molar-refractivity contribution in [2.75, 3.05) is 0 Å². The second kappa shape index (κ2) is 3.87. The minimum absolute atomic E-state index is 0.0592. The minimum atomic E-state index is -0.520. The third-order valence-electron chi connectivity index (χ3n) is 2.42. The van der Waals surface area contributed by atoms with Crippen molar-refractivity contribution in [1.29, 1.82) is 0 Å². The molecule has 0 saturated carbocycles. The molecule has 2 rings (SSSR count). The topological polar surface area (TPSA) is 114 Å². The zero-order valence-corrected chi connectivity index (χ0v) is 8.98. The van der Waals surface area contributed by atoms with Crippen LogP contribution in [0.3, 0.4) is 0 Å². The van der Waals surface area contributed by atoms with Gasteiger partial charge in [0.05, 0.1) is 4.92 Å². The predicted molar refractivity (Wildman–Crippen MR) is 61.3 cm³/mol. The summed E-state index contributed by atoms with van der Waals surface area (Å²) >= 11 is 0. The van der Waals surface area contributed by atoms with Gasteiger partial charge in [-0.15, -0.1) is 0 Å². The molecule has 4 N–H and O–H groups in total. The van der Waals surface area contributed by atoms with Crippen molar-refractivity contribution in [3.05, 3.63) is 39.6 Å². The molecule has 0 fully saturated rings. The third kappa shape index (κ3) is 1.83. The molecule has 88 valence electrons. The summed E-state index contributed by atoms with van der Waals surface area (Å²) in [6.45, 7) is 1.75. The maximum absolute atomic E-state index is 11.3. The number of amides is 1. The molecule has 0 aliphatic rings. The van der Waals surface area contributed by atoms with Crippen molar-refractivity contribution < 1.29 is 9.72 Å². The molecule has 7 heteroatoms. The van der Waals surface area contributed by atoms with Gasteiger partial charge in [-0.05, 0) is 24.6 Å². The molecule has 0 radical (unpaired) electrons. The van der Waals surface area contributed by atoms with Gasteiger partial charge in [0.2, 0.25) is 0 Å². The van der Waals surface area contributed by atoms with Crippen LogP contribution in [0.5, 0.6) is 0 Å². The van der Waals surface area contributed by atoms with Crippen LogP contribution in [-0.2, 0) is 0 Å². The van der Waals surface area contributed by atoms with E-state index in [4.69, 9.17) is 5.84 Å². The molecule has 0 spiro atoms. The Balaban J connectivity index is 2.71. The van der Waals surface area contributed by atoms with Gasteiger partial charge in [0, 0.05) is 11.5 Å². The Hall–Kier alpha value is -2.41. The lowest BCUT2D eigenvalue weighted by molar-refractivity contribution is -0.383. The number of nitrogens with two attached hydrogens (primary N) is 1. The van der Waals surface area contributed by atoms with E-state index in [0.29, 0.717) is 10.9 Å². The van der Waals surface area contributed by atoms with Gasteiger partial charge in [-0.3, -0.25) is 20.3 Å². The van der Waals surface area contributed by atoms with Gasteiger partial charge in [0.15, 0.2) is 0 Å². The largest absolute Gasteiger partial charge is 0.345 e. The predicted octanol–water partition coefficient (Wildman–Crippen LogP) is 0.988. The molecule has 2 aromatic rings. The number of fused-ring (bicyclic) bond motifs is 1. The highest BCUT2D eigenvalue weighted by atomic mass is 16.6. The fourth-order valence-corrected chi connectivity index (χ4v) is 1.72. The number of nitrogen functional groups attached to an aromatic ring is 1. The number of nitrogens with zero attached hydrogens (tertiary/aromatic N) is 1. The second-order valence-corrected chi connectivity index (χ2v) is 3.66. The van der Waals surface area contributed by atoms with Crippen LogP contribution in [0, 0.1) is 17.0 Å². The van der Waals surface area contributed by atoms with E-state index in [1.165, 1.54) is 12.1 Å². The summed E-state index contributed by atoms with van der Waals surface area (Å²) in [4.78, 5) is 24.4. The average molecular weight is 234 g/mol. The van der Waals surface area contributed by atoms with Crippen molar-refractivity contribution >= 4 is 22.5 Å². The zero-order valence-electron chi connectivity index (χ0n) is 8.98. The molecule has 0 saturated heterocycles. The van der Waals surface area contributed by atoms with E-state index in [1.54, 1.807) is 13.0 Å². The maximum atomic E-state index is 11.3. The first-order valence-corrected chi connectivity index (χ1v) is 4.81. The molecular formula is C10H10N4O3. The monoisotopic (exact) mass is 234 g/mol. The van der Waals surface area contributed by atoms with Crippen molar-refractivity contribution in [3.8, 4) is 0 Å². The van der Waals surface area contributed by atoms with E-state index < -0.39 is 10.8 Å². The standard InChI is InChI=1S/C10H10N4O3/c1-5-2-6-4-7(10(15)13-11)12-9(6)8(3-5)14(16)17/h2-4,12H,11H2,1H3,(H,13,15). The van der Waals surface area contributed by atoms with Gasteiger partial charge < -0.3 is 4.98 Å². The Morgan fingerprint density at radius 3 is 2.76 bits per heavy atom. The SMILES string of the molecule is Cc1cc([N+](=O)[O-])c2[nH]c(C(=O)NN)cc2c1. The molecule has 0 unspecified atom stereocenters. The number of rotatable bonds is 2. The van der Waals surface area contributed by atoms with Crippen LogP contribution in [0.25, 0.3) is 10.9 Å². The number of hydrazine groups is 1. The molecule has 1 aromatic carbocycles. The lowest BCUT2D eigenvalue weighted by Crippen LogP contribution is -2.30. The number of nitrogens with one attached hydrogen (secondary N) is 2. The van der Waals surface area contributed by atoms with Crippen LogP contribution in [0.4, 0.5) is 5.69 Å². The Morgan fingerprint density at radius 2 is 2.18 bits per heavy atom. The van der Waals surface area contributed by atoms with Gasteiger partial charge in [0.25, 0.3) is 11.6 Å². The number of aromatic amines is 1. The molecule has 7 nitrogen and oxygen atoms in total. The first-order valence-electron chi connectivity index (χ1n) is 4.81. The minimum Gasteiger partial charge on any atom is -0.345 e. The highest BCUT2D eigenvalue weighted by Crippen LogP contribution is 2.27. The molecular weight excluding hydrogens is 224 g/mol. The number of H-pyrrole nitrogens is 1. The number of aryl methyl sites for hydroxylation is 1. The first-order chi connectivity index (χ1) is 8.02. The van der Waals surface area contributed by atoms with Crippen LogP contribution >= 0.6 is 0 Å². The van der Waals surface area contributed by atoms with Crippen molar-refractivity contribution in [2.45, 2.75) is 6.92 Å². The van der Waals surface area contributed by atoms with Crippen molar-refractivity contribution in [1.82, 2.24) is 10.4 Å². The Labute approximate surface area is 95.7 Å². The molecule has 0 aliphatic heterocycles. The molecule has 0 bridgehead atoms. The summed E-state index contributed by atoms with van der Waals surface area (Å²) < 4.78 is 0. The lowest BCUT2D eigenvalue weighted by Gasteiger charge is -1.96. The molecule has 0 atom stereocenters. The molecule has 0 aliphatic carbocycles. The average Bonchev–Trinajstić information content (AvgIpc) is 2.69. The van der Waals surface area contributed by atoms with Crippen LogP contribution in [-0.4, -0.2) is 15.8 Å². The quantitative estimate of drug-likeness (QED) is 0.311. The number of hydrogen-bond donors (Lipinski definition) is 3. The molecule has 1 heterocycles. The summed E-state index contributed by atoms with van der Waals surface area (Å²) in [5.41, 5.74) is 3.17. The van der Waals surface area contributed by atoms with Gasteiger partial charge in [-0.25, -0.2) is 5.84 Å². The number of carbonyl (C=O) groups is 1. The van der Waals surface area contributed by atoms with Gasteiger partial charge >= 0.3 is 0 Å². The van der Waals surface area contributed by atoms with Crippen LogP contribution in [0.2, 0.25) is 0 Å². The smallest absolute Gasteiger partial charge is 0.293 e. The fraction of sp³-hybridized carbons (Fsp3) is 0.100. The van der Waals surface area contributed by atoms with Gasteiger partial charge in [-0.1, -0.05) is 0 Å². The van der Waals surface area contributed by atoms with E-state index in [-0.39, 0.29) is 11.4 Å². The normalized spacial score (nSPS) is 10.5. The van der Waals surface area contributed by atoms with Crippen molar-refractivity contribution in [3.63, 3.8) is 0 Å². The Kier molecular flexibility index (Phi) is 2.52. The third-order valence-corrected chi connectivity index (χ3v) is 2.42. The number of aromatic nitrogens is 1. The summed E-state index contributed by atoms with van der Waals surface area (Å²) in [5.74, 6) is 4.48. The van der Waals surface area contributed by atoms with Crippen LogP contribution in [0.15, 0.2) is 18.2 Å². The van der Waals surface area contributed by atoms with E-state index in [1.807, 2.05) is 5.43 Å². The number of non-ortho nitro benzene ring substituents is 1. The number of nitro benzene ring substituents is 1. The van der Waals surface area contributed by atoms with Gasteiger partial charge in [0.1, 0.15) is 11.2 Å². The highest BCUT2D eigenvalue weighted by molar-refractivity contribution is 6.00. The first kappa shape index (κ1) is 11.1. The number of carbonyl (C=O) groups excluding carboxylic acids is 1. The second-order valence-electron chi connectivity index (χ2n) is 3.66. The highest BCUT2D eigenvalue weighted by Gasteiger charge is 2.17. The fourth-order valence-electron chi connectivity index (χ4n) is 1.72. The van der Waals surface area contributed by atoms with E-state index >= 15 is 0 Å². The number of nitro groups is 1. The number of benzene rings is 1. The lowest BCUT2D eigenvalue weighted by atomic mass is 10.1. The van der Waals surface area contributed by atoms with Crippen LogP contribution in [0.1, 0.15) is 16.1 Å². The van der Waals surface area contributed by atoms with E-state index in [9.17, 15) is 14.9 Å². The summed E-state index contributed by atoms with van der Waals surface area (Å²) in [7, 11) is 0. The number of hydrogen-bond acceptors (Lipinski definition) is 4. The van der Waals surface area contributed by atoms with Gasteiger partial charge in [-0.2, -0.15) is 0 Å². The van der Waals surface area contributed by atoms with Crippen molar-refractivity contribution in [2.24, 2.45) is 5.84 Å². The van der Waals surface area contributed by atoms with E-state index in [2.05, 4.69) is 4.98 Å². The maximum Gasteiger partial charge on any atom is 0.293 e. The summed E-state index contributed by atoms with van der Waals surface area (Å²) in [5, 5.41) is 11.5.